The number of thiophene rings is 1. The van der Waals surface area contributed by atoms with Gasteiger partial charge in [-0.15, -0.1) is 11.3 Å². The SMILES string of the molecule is Cc1ccsc1C(=O)C1CCCN(C/C=C/c2ccco2)C1. The maximum Gasteiger partial charge on any atom is 0.177 e. The van der Waals surface area contributed by atoms with Crippen molar-refractivity contribution in [3.8, 4) is 0 Å². The van der Waals surface area contributed by atoms with Gasteiger partial charge in [-0.1, -0.05) is 6.08 Å². The third-order valence-corrected chi connectivity index (χ3v) is 5.18. The molecule has 0 aromatic carbocycles. The fourth-order valence-corrected chi connectivity index (χ4v) is 3.89. The van der Waals surface area contributed by atoms with Crippen molar-refractivity contribution in [1.29, 1.82) is 0 Å². The number of hydrogen-bond acceptors (Lipinski definition) is 4. The Morgan fingerprint density at radius 1 is 1.50 bits per heavy atom. The molecule has 116 valence electrons. The number of piperidine rings is 1. The lowest BCUT2D eigenvalue weighted by Crippen LogP contribution is -2.38. The highest BCUT2D eigenvalue weighted by Gasteiger charge is 2.27. The van der Waals surface area contributed by atoms with Gasteiger partial charge in [0, 0.05) is 19.0 Å². The Morgan fingerprint density at radius 3 is 3.14 bits per heavy atom. The topological polar surface area (TPSA) is 33.5 Å². The number of hydrogen-bond donors (Lipinski definition) is 0. The van der Waals surface area contributed by atoms with Crippen molar-refractivity contribution in [3.05, 3.63) is 52.1 Å². The summed E-state index contributed by atoms with van der Waals surface area (Å²) in [5.41, 5.74) is 1.12. The van der Waals surface area contributed by atoms with Crippen molar-refractivity contribution in [2.75, 3.05) is 19.6 Å². The standard InChI is InChI=1S/C18H21NO2S/c1-14-8-12-22-18(14)17(20)15-5-2-9-19(13-15)10-3-6-16-7-4-11-21-16/h3-4,6-8,11-12,15H,2,5,9-10,13H2,1H3/b6-3+. The first-order valence-corrected chi connectivity index (χ1v) is 8.62. The van der Waals surface area contributed by atoms with Gasteiger partial charge >= 0.3 is 0 Å². The van der Waals surface area contributed by atoms with Gasteiger partial charge in [0.25, 0.3) is 0 Å². The molecule has 4 heteroatoms. The number of rotatable bonds is 5. The molecule has 1 atom stereocenters. The zero-order valence-corrected chi connectivity index (χ0v) is 13.6. The second-order valence-corrected chi connectivity index (χ2v) is 6.73. The van der Waals surface area contributed by atoms with E-state index in [1.54, 1.807) is 17.6 Å². The number of nitrogens with zero attached hydrogens (tertiary/aromatic N) is 1. The summed E-state index contributed by atoms with van der Waals surface area (Å²) in [6, 6.07) is 5.86. The van der Waals surface area contributed by atoms with Gasteiger partial charge in [0.1, 0.15) is 5.76 Å². The lowest BCUT2D eigenvalue weighted by Gasteiger charge is -2.31. The summed E-state index contributed by atoms with van der Waals surface area (Å²) in [5, 5.41) is 2.01. The first-order chi connectivity index (χ1) is 10.7. The molecule has 0 amide bonds. The maximum atomic E-state index is 12.6. The van der Waals surface area contributed by atoms with Crippen molar-refractivity contribution in [2.24, 2.45) is 5.92 Å². The molecule has 0 N–H and O–H groups in total. The predicted octanol–water partition coefficient (Wildman–Crippen LogP) is 4.26. The highest BCUT2D eigenvalue weighted by Crippen LogP contribution is 2.25. The molecule has 1 aliphatic rings. The predicted molar refractivity (Wildman–Crippen MR) is 90.3 cm³/mol. The molecule has 3 rings (SSSR count). The van der Waals surface area contributed by atoms with E-state index in [2.05, 4.69) is 11.0 Å². The molecule has 0 radical (unpaired) electrons. The van der Waals surface area contributed by atoms with Crippen LogP contribution in [-0.2, 0) is 0 Å². The molecule has 22 heavy (non-hydrogen) atoms. The minimum atomic E-state index is 0.142. The van der Waals surface area contributed by atoms with E-state index in [0.717, 1.165) is 48.7 Å². The Hall–Kier alpha value is -1.65. The molecule has 1 unspecified atom stereocenters. The lowest BCUT2D eigenvalue weighted by atomic mass is 9.92. The quantitative estimate of drug-likeness (QED) is 0.773. The highest BCUT2D eigenvalue weighted by molar-refractivity contribution is 7.12. The van der Waals surface area contributed by atoms with Gasteiger partial charge in [-0.2, -0.15) is 0 Å². The fourth-order valence-electron chi connectivity index (χ4n) is 2.95. The van der Waals surface area contributed by atoms with E-state index in [-0.39, 0.29) is 5.92 Å². The van der Waals surface area contributed by atoms with E-state index in [1.807, 2.05) is 36.6 Å². The van der Waals surface area contributed by atoms with Gasteiger partial charge < -0.3 is 4.42 Å². The summed E-state index contributed by atoms with van der Waals surface area (Å²) in [5.74, 6) is 1.34. The van der Waals surface area contributed by atoms with Crippen LogP contribution < -0.4 is 0 Å². The summed E-state index contributed by atoms with van der Waals surface area (Å²) in [6.45, 7) is 4.82. The Labute approximate surface area is 135 Å². The van der Waals surface area contributed by atoms with Crippen LogP contribution in [0.1, 0.15) is 33.8 Å². The zero-order valence-electron chi connectivity index (χ0n) is 12.8. The number of aryl methyl sites for hydroxylation is 1. The van der Waals surface area contributed by atoms with Gasteiger partial charge in [-0.25, -0.2) is 0 Å². The van der Waals surface area contributed by atoms with Crippen LogP contribution in [0.15, 0.2) is 40.3 Å². The van der Waals surface area contributed by atoms with Crippen LogP contribution in [0.3, 0.4) is 0 Å². The lowest BCUT2D eigenvalue weighted by molar-refractivity contribution is 0.0835. The van der Waals surface area contributed by atoms with Gasteiger partial charge in [0.2, 0.25) is 0 Å². The van der Waals surface area contributed by atoms with Crippen molar-refractivity contribution >= 4 is 23.2 Å². The van der Waals surface area contributed by atoms with Crippen LogP contribution >= 0.6 is 11.3 Å². The maximum absolute atomic E-state index is 12.6. The highest BCUT2D eigenvalue weighted by atomic mass is 32.1. The molecular formula is C18H21NO2S. The van der Waals surface area contributed by atoms with Crippen LogP contribution in [-0.4, -0.2) is 30.3 Å². The van der Waals surface area contributed by atoms with E-state index in [4.69, 9.17) is 4.42 Å². The van der Waals surface area contributed by atoms with Crippen molar-refractivity contribution in [1.82, 2.24) is 4.90 Å². The van der Waals surface area contributed by atoms with Crippen LogP contribution in [0.5, 0.6) is 0 Å². The average molecular weight is 315 g/mol. The second-order valence-electron chi connectivity index (χ2n) is 5.81. The van der Waals surface area contributed by atoms with E-state index in [1.165, 1.54) is 0 Å². The number of likely N-dealkylation sites (tertiary alicyclic amines) is 1. The van der Waals surface area contributed by atoms with Gasteiger partial charge in [0.05, 0.1) is 11.1 Å². The summed E-state index contributed by atoms with van der Waals surface area (Å²) < 4.78 is 5.29. The van der Waals surface area contributed by atoms with Crippen molar-refractivity contribution < 1.29 is 9.21 Å². The molecule has 1 fully saturated rings. The Morgan fingerprint density at radius 2 is 2.41 bits per heavy atom. The first kappa shape index (κ1) is 15.3. The third-order valence-electron chi connectivity index (χ3n) is 4.15. The third kappa shape index (κ3) is 3.57. The Bertz CT molecular complexity index is 642. The molecule has 2 aromatic rings. The van der Waals surface area contributed by atoms with Gasteiger partial charge in [0.15, 0.2) is 5.78 Å². The van der Waals surface area contributed by atoms with Gasteiger partial charge in [-0.3, -0.25) is 9.69 Å². The molecule has 0 spiro atoms. The van der Waals surface area contributed by atoms with Crippen molar-refractivity contribution in [3.63, 3.8) is 0 Å². The summed E-state index contributed by atoms with van der Waals surface area (Å²) in [4.78, 5) is 15.9. The number of Topliss-reactive ketones (excluding diaryl/α,β-unsaturated/α-hetero) is 1. The van der Waals surface area contributed by atoms with E-state index >= 15 is 0 Å². The zero-order chi connectivity index (χ0) is 15.4. The second kappa shape index (κ2) is 7.07. The monoisotopic (exact) mass is 315 g/mol. The molecule has 1 saturated heterocycles. The van der Waals surface area contributed by atoms with Crippen LogP contribution in [0, 0.1) is 12.8 Å². The van der Waals surface area contributed by atoms with Gasteiger partial charge in [-0.05, 0) is 61.5 Å². The van der Waals surface area contributed by atoms with Crippen molar-refractivity contribution in [2.45, 2.75) is 19.8 Å². The Balaban J connectivity index is 1.57. The molecule has 1 aliphatic heterocycles. The molecule has 3 nitrogen and oxygen atoms in total. The average Bonchev–Trinajstić information content (AvgIpc) is 3.18. The first-order valence-electron chi connectivity index (χ1n) is 7.75. The van der Waals surface area contributed by atoms with E-state index in [9.17, 15) is 4.79 Å². The minimum absolute atomic E-state index is 0.142. The normalized spacial score (nSPS) is 19.8. The number of carbonyl (C=O) groups excluding carboxylic acids is 1. The summed E-state index contributed by atoms with van der Waals surface area (Å²) in [7, 11) is 0. The molecule has 0 aliphatic carbocycles. The molecule has 0 saturated carbocycles. The minimum Gasteiger partial charge on any atom is -0.465 e. The molecule has 3 heterocycles. The number of furan rings is 1. The Kier molecular flexibility index (Phi) is 4.90. The van der Waals surface area contributed by atoms with Crippen LogP contribution in [0.25, 0.3) is 6.08 Å². The van der Waals surface area contributed by atoms with Crippen LogP contribution in [0.2, 0.25) is 0 Å². The fraction of sp³-hybridized carbons (Fsp3) is 0.389. The molecule has 2 aromatic heterocycles. The van der Waals surface area contributed by atoms with E-state index in [0.29, 0.717) is 5.78 Å². The van der Waals surface area contributed by atoms with Crippen LogP contribution in [0.4, 0.5) is 0 Å². The summed E-state index contributed by atoms with van der Waals surface area (Å²) in [6.07, 6.45) is 7.89. The molecule has 0 bridgehead atoms. The number of ketones is 1. The number of carbonyl (C=O) groups is 1. The summed E-state index contributed by atoms with van der Waals surface area (Å²) >= 11 is 1.57. The molecular weight excluding hydrogens is 294 g/mol. The largest absolute Gasteiger partial charge is 0.465 e. The van der Waals surface area contributed by atoms with E-state index < -0.39 is 0 Å². The smallest absolute Gasteiger partial charge is 0.177 e.